The summed E-state index contributed by atoms with van der Waals surface area (Å²) in [5.41, 5.74) is 2.46. The average Bonchev–Trinajstić information content (AvgIpc) is 3.04. The van der Waals surface area contributed by atoms with Gasteiger partial charge < -0.3 is 26.0 Å². The van der Waals surface area contributed by atoms with Gasteiger partial charge in [0.05, 0.1) is 17.8 Å². The minimum absolute atomic E-state index is 0.0786. The van der Waals surface area contributed by atoms with Gasteiger partial charge in [0.25, 0.3) is 5.91 Å². The Morgan fingerprint density at radius 3 is 1.92 bits per heavy atom. The maximum atomic E-state index is 13.8. The van der Waals surface area contributed by atoms with Gasteiger partial charge in [-0.1, -0.05) is 81.4 Å². The highest BCUT2D eigenvalue weighted by molar-refractivity contribution is 7.92. The maximum absolute atomic E-state index is 13.8. The van der Waals surface area contributed by atoms with Crippen molar-refractivity contribution < 1.29 is 38.1 Å². The predicted octanol–water partition coefficient (Wildman–Crippen LogP) is 3.46. The van der Waals surface area contributed by atoms with Crippen LogP contribution in [0.1, 0.15) is 52.2 Å². The molecule has 3 rings (SSSR count). The summed E-state index contributed by atoms with van der Waals surface area (Å²) in [5, 5.41) is 37.9. The SMILES string of the molecule is CN(C(=O)O)[C@H](C(=O)N[C@@H](Cc1ccc(-c2ccccn2)cc1)C[C@H](O)[C@H](Cc1ccccc1)NC(=O)[C@@H](O)C(C)(C)S(C)(=O)=O)C(C)(C)C. The minimum Gasteiger partial charge on any atom is -0.465 e. The van der Waals surface area contributed by atoms with Gasteiger partial charge in [0.2, 0.25) is 5.91 Å². The van der Waals surface area contributed by atoms with Crippen LogP contribution in [-0.4, -0.2) is 99.9 Å². The van der Waals surface area contributed by atoms with Crippen LogP contribution in [0, 0.1) is 5.41 Å². The van der Waals surface area contributed by atoms with E-state index in [1.54, 1.807) is 51.2 Å². The first-order valence-corrected chi connectivity index (χ1v) is 18.3. The molecule has 0 aliphatic rings. The molecule has 50 heavy (non-hydrogen) atoms. The van der Waals surface area contributed by atoms with Gasteiger partial charge in [0.15, 0.2) is 15.9 Å². The lowest BCUT2D eigenvalue weighted by atomic mass is 9.84. The fourth-order valence-electron chi connectivity index (χ4n) is 5.75. The van der Waals surface area contributed by atoms with Gasteiger partial charge in [0, 0.05) is 31.1 Å². The van der Waals surface area contributed by atoms with Gasteiger partial charge in [0.1, 0.15) is 10.8 Å². The Hall–Kier alpha value is -4.33. The summed E-state index contributed by atoms with van der Waals surface area (Å²) in [6.45, 7) is 7.77. The van der Waals surface area contributed by atoms with Crippen molar-refractivity contribution in [1.29, 1.82) is 0 Å². The van der Waals surface area contributed by atoms with Crippen molar-refractivity contribution in [3.05, 3.63) is 90.1 Å². The van der Waals surface area contributed by atoms with Crippen LogP contribution in [0.4, 0.5) is 4.79 Å². The molecule has 0 saturated heterocycles. The highest BCUT2D eigenvalue weighted by Crippen LogP contribution is 2.26. The van der Waals surface area contributed by atoms with E-state index >= 15 is 0 Å². The van der Waals surface area contributed by atoms with Crippen molar-refractivity contribution >= 4 is 27.7 Å². The molecule has 0 saturated carbocycles. The molecule has 3 aromatic rings. The fraction of sp³-hybridized carbons (Fsp3) is 0.459. The van der Waals surface area contributed by atoms with Crippen molar-refractivity contribution in [2.45, 2.75) is 89.0 Å². The molecule has 0 spiro atoms. The summed E-state index contributed by atoms with van der Waals surface area (Å²) in [6, 6.07) is 19.4. The van der Waals surface area contributed by atoms with Crippen molar-refractivity contribution in [3.8, 4) is 11.3 Å². The molecule has 272 valence electrons. The molecular formula is C37H50N4O8S. The number of rotatable bonds is 15. The molecule has 1 heterocycles. The molecule has 0 aliphatic carbocycles. The Kier molecular flexibility index (Phi) is 13.3. The molecule has 5 N–H and O–H groups in total. The van der Waals surface area contributed by atoms with Crippen LogP contribution in [0.5, 0.6) is 0 Å². The van der Waals surface area contributed by atoms with Crippen molar-refractivity contribution in [2.75, 3.05) is 13.3 Å². The largest absolute Gasteiger partial charge is 0.465 e. The lowest BCUT2D eigenvalue weighted by Gasteiger charge is -2.37. The van der Waals surface area contributed by atoms with Crippen molar-refractivity contribution in [3.63, 3.8) is 0 Å². The smallest absolute Gasteiger partial charge is 0.407 e. The number of hydrogen-bond acceptors (Lipinski definition) is 8. The van der Waals surface area contributed by atoms with E-state index < -0.39 is 68.2 Å². The molecule has 5 atom stereocenters. The zero-order valence-corrected chi connectivity index (χ0v) is 30.5. The Labute approximate surface area is 294 Å². The summed E-state index contributed by atoms with van der Waals surface area (Å²) >= 11 is 0. The number of nitrogens with zero attached hydrogens (tertiary/aromatic N) is 2. The van der Waals surface area contributed by atoms with Gasteiger partial charge in [-0.15, -0.1) is 0 Å². The third-order valence-corrected chi connectivity index (χ3v) is 11.1. The predicted molar refractivity (Wildman–Crippen MR) is 192 cm³/mol. The number of sulfone groups is 1. The number of nitrogens with one attached hydrogen (secondary N) is 2. The molecule has 0 aliphatic heterocycles. The lowest BCUT2D eigenvalue weighted by Crippen LogP contribution is -2.58. The number of carboxylic acid groups (broad SMARTS) is 1. The third-order valence-electron chi connectivity index (χ3n) is 8.98. The standard InChI is InChI=1S/C37H50N4O8S/c1-36(2,3)31(41(6)35(46)47)33(44)39-27(21-25-16-18-26(19-17-25)28-15-11-12-20-38-28)23-30(42)29(22-24-13-9-8-10-14-24)40-34(45)32(43)37(4,5)50(7,48)49/h8-20,27,29-32,42-43H,21-23H2,1-7H3,(H,39,44)(H,40,45)(H,46,47)/t27-,29-,30-,31+,32+/m0/s1. The van der Waals surface area contributed by atoms with Crippen molar-refractivity contribution in [1.82, 2.24) is 20.5 Å². The molecule has 12 nitrogen and oxygen atoms in total. The van der Waals surface area contributed by atoms with Crippen LogP contribution >= 0.6 is 0 Å². The molecule has 0 fully saturated rings. The Bertz CT molecular complexity index is 1690. The number of aliphatic hydroxyl groups excluding tert-OH is 2. The minimum atomic E-state index is -3.85. The fourth-order valence-corrected chi connectivity index (χ4v) is 6.26. The molecule has 0 unspecified atom stereocenters. The van der Waals surface area contributed by atoms with Crippen LogP contribution in [0.25, 0.3) is 11.3 Å². The summed E-state index contributed by atoms with van der Waals surface area (Å²) in [4.78, 5) is 44.4. The molecule has 13 heteroatoms. The first kappa shape index (κ1) is 40.1. The van der Waals surface area contributed by atoms with Crippen LogP contribution in [0.3, 0.4) is 0 Å². The summed E-state index contributed by atoms with van der Waals surface area (Å²) in [5.74, 6) is -1.53. The highest BCUT2D eigenvalue weighted by atomic mass is 32.2. The van der Waals surface area contributed by atoms with E-state index in [0.717, 1.165) is 33.5 Å². The normalized spacial score (nSPS) is 15.2. The summed E-state index contributed by atoms with van der Waals surface area (Å²) < 4.78 is 22.9. The van der Waals surface area contributed by atoms with Crippen LogP contribution < -0.4 is 10.6 Å². The molecule has 1 aromatic heterocycles. The molecule has 0 radical (unpaired) electrons. The summed E-state index contributed by atoms with van der Waals surface area (Å²) in [7, 11) is -2.53. The van der Waals surface area contributed by atoms with Gasteiger partial charge >= 0.3 is 6.09 Å². The number of hydrogen-bond donors (Lipinski definition) is 5. The second kappa shape index (κ2) is 16.6. The third kappa shape index (κ3) is 10.6. The van der Waals surface area contributed by atoms with E-state index in [1.165, 1.54) is 20.9 Å². The lowest BCUT2D eigenvalue weighted by molar-refractivity contribution is -0.133. The number of likely N-dealkylation sites (N-methyl/N-ethyl adjacent to an activating group) is 1. The Morgan fingerprint density at radius 1 is 0.820 bits per heavy atom. The second-order valence-electron chi connectivity index (χ2n) is 14.4. The van der Waals surface area contributed by atoms with Gasteiger partial charge in [-0.2, -0.15) is 0 Å². The van der Waals surface area contributed by atoms with Crippen LogP contribution in [0.2, 0.25) is 0 Å². The van der Waals surface area contributed by atoms with E-state index in [0.29, 0.717) is 0 Å². The number of carbonyl (C=O) groups is 3. The number of carbonyl (C=O) groups excluding carboxylic acids is 2. The number of aliphatic hydroxyl groups is 2. The molecule has 3 amide bonds. The number of aromatic nitrogens is 1. The average molecular weight is 711 g/mol. The second-order valence-corrected chi connectivity index (χ2v) is 17.0. The Balaban J connectivity index is 1.97. The molecule has 2 aromatic carbocycles. The zero-order chi connectivity index (χ0) is 37.4. The van der Waals surface area contributed by atoms with Crippen LogP contribution in [0.15, 0.2) is 79.0 Å². The zero-order valence-electron chi connectivity index (χ0n) is 29.7. The topological polar surface area (TPSA) is 186 Å². The van der Waals surface area contributed by atoms with E-state index in [-0.39, 0.29) is 19.3 Å². The van der Waals surface area contributed by atoms with Crippen LogP contribution in [-0.2, 0) is 32.3 Å². The van der Waals surface area contributed by atoms with E-state index in [2.05, 4.69) is 15.6 Å². The molecule has 0 bridgehead atoms. The van der Waals surface area contributed by atoms with Gasteiger partial charge in [-0.25, -0.2) is 13.2 Å². The first-order chi connectivity index (χ1) is 23.2. The van der Waals surface area contributed by atoms with E-state index in [1.807, 2.05) is 48.5 Å². The van der Waals surface area contributed by atoms with E-state index in [9.17, 15) is 38.1 Å². The first-order valence-electron chi connectivity index (χ1n) is 16.4. The number of benzene rings is 2. The highest BCUT2D eigenvalue weighted by Gasteiger charge is 2.43. The number of amides is 3. The van der Waals surface area contributed by atoms with Gasteiger partial charge in [-0.3, -0.25) is 19.5 Å². The van der Waals surface area contributed by atoms with Gasteiger partial charge in [-0.05, 0) is 61.8 Å². The maximum Gasteiger partial charge on any atom is 0.407 e. The summed E-state index contributed by atoms with van der Waals surface area (Å²) in [6.07, 6.45) is -1.58. The van der Waals surface area contributed by atoms with Crippen molar-refractivity contribution in [2.24, 2.45) is 5.41 Å². The quantitative estimate of drug-likeness (QED) is 0.158. The monoisotopic (exact) mass is 710 g/mol. The Morgan fingerprint density at radius 2 is 1.40 bits per heavy atom. The molecular weight excluding hydrogens is 660 g/mol. The van der Waals surface area contributed by atoms with E-state index in [4.69, 9.17) is 0 Å². The number of pyridine rings is 1.